The standard InChI is InChI=1S/C12H12N4O4/c17-11(18)10-2-1-9(20-10)6-15-12(19)14-5-8-3-4-13-7-16-8/h1-4,7H,5-6H2,(H,17,18)(H2,14,15,19). The van der Waals surface area contributed by atoms with Crippen LogP contribution < -0.4 is 10.6 Å². The molecule has 0 saturated carbocycles. The summed E-state index contributed by atoms with van der Waals surface area (Å²) < 4.78 is 5.00. The van der Waals surface area contributed by atoms with Crippen LogP contribution in [-0.2, 0) is 13.1 Å². The molecule has 0 aromatic carbocycles. The van der Waals surface area contributed by atoms with E-state index in [1.807, 2.05) is 0 Å². The van der Waals surface area contributed by atoms with Crippen LogP contribution in [0.2, 0.25) is 0 Å². The summed E-state index contributed by atoms with van der Waals surface area (Å²) in [6.07, 6.45) is 2.98. The van der Waals surface area contributed by atoms with Crippen LogP contribution in [0.15, 0.2) is 35.1 Å². The van der Waals surface area contributed by atoms with Crippen LogP contribution in [0.25, 0.3) is 0 Å². The van der Waals surface area contributed by atoms with Crippen molar-refractivity contribution in [3.63, 3.8) is 0 Å². The molecule has 20 heavy (non-hydrogen) atoms. The number of carboxylic acid groups (broad SMARTS) is 1. The van der Waals surface area contributed by atoms with Crippen molar-refractivity contribution in [1.29, 1.82) is 0 Å². The normalized spacial score (nSPS) is 10.0. The molecule has 0 atom stereocenters. The molecule has 104 valence electrons. The smallest absolute Gasteiger partial charge is 0.371 e. The van der Waals surface area contributed by atoms with Gasteiger partial charge in [0.25, 0.3) is 0 Å². The molecule has 2 rings (SSSR count). The molecule has 0 bridgehead atoms. The maximum absolute atomic E-state index is 11.5. The van der Waals surface area contributed by atoms with Gasteiger partial charge in [0.1, 0.15) is 12.1 Å². The predicted octanol–water partition coefficient (Wildman–Crippen LogP) is 0.767. The van der Waals surface area contributed by atoms with Crippen LogP contribution in [0.5, 0.6) is 0 Å². The van der Waals surface area contributed by atoms with Crippen LogP contribution >= 0.6 is 0 Å². The summed E-state index contributed by atoms with van der Waals surface area (Å²) in [6.45, 7) is 0.371. The van der Waals surface area contributed by atoms with E-state index in [4.69, 9.17) is 9.52 Å². The molecule has 3 N–H and O–H groups in total. The Kier molecular flexibility index (Phi) is 4.28. The van der Waals surface area contributed by atoms with Gasteiger partial charge in [-0.2, -0.15) is 0 Å². The molecular formula is C12H12N4O4. The number of furan rings is 1. The minimum atomic E-state index is -1.15. The van der Waals surface area contributed by atoms with Gasteiger partial charge in [-0.05, 0) is 18.2 Å². The molecular weight excluding hydrogens is 264 g/mol. The largest absolute Gasteiger partial charge is 0.475 e. The Balaban J connectivity index is 1.76. The fraction of sp³-hybridized carbons (Fsp3) is 0.167. The highest BCUT2D eigenvalue weighted by atomic mass is 16.4. The molecule has 8 nitrogen and oxygen atoms in total. The Morgan fingerprint density at radius 1 is 1.20 bits per heavy atom. The van der Waals surface area contributed by atoms with Gasteiger partial charge in [-0.25, -0.2) is 19.6 Å². The molecule has 2 aromatic rings. The van der Waals surface area contributed by atoms with Gasteiger partial charge in [-0.3, -0.25) is 0 Å². The van der Waals surface area contributed by atoms with Crippen molar-refractivity contribution in [3.05, 3.63) is 47.9 Å². The Morgan fingerprint density at radius 3 is 2.65 bits per heavy atom. The predicted molar refractivity (Wildman–Crippen MR) is 66.8 cm³/mol. The number of hydrogen-bond acceptors (Lipinski definition) is 5. The molecule has 2 amide bonds. The van der Waals surface area contributed by atoms with Crippen molar-refractivity contribution in [1.82, 2.24) is 20.6 Å². The lowest BCUT2D eigenvalue weighted by Crippen LogP contribution is -2.34. The molecule has 0 fully saturated rings. The highest BCUT2D eigenvalue weighted by Crippen LogP contribution is 2.07. The summed E-state index contributed by atoms with van der Waals surface area (Å²) in [5.74, 6) is -0.952. The van der Waals surface area contributed by atoms with E-state index in [1.54, 1.807) is 12.3 Å². The van der Waals surface area contributed by atoms with E-state index in [9.17, 15) is 9.59 Å². The van der Waals surface area contributed by atoms with Crippen LogP contribution in [-0.4, -0.2) is 27.1 Å². The van der Waals surface area contributed by atoms with Crippen molar-refractivity contribution in [2.45, 2.75) is 13.1 Å². The topological polar surface area (TPSA) is 117 Å². The van der Waals surface area contributed by atoms with E-state index >= 15 is 0 Å². The molecule has 0 aliphatic carbocycles. The summed E-state index contributed by atoms with van der Waals surface area (Å²) in [4.78, 5) is 29.8. The molecule has 2 heterocycles. The number of nitrogens with one attached hydrogen (secondary N) is 2. The Morgan fingerprint density at radius 2 is 2.00 bits per heavy atom. The fourth-order valence-electron chi connectivity index (χ4n) is 1.41. The minimum absolute atomic E-state index is 0.100. The zero-order chi connectivity index (χ0) is 14.4. The number of aromatic carboxylic acids is 1. The van der Waals surface area contributed by atoms with Crippen molar-refractivity contribution in [3.8, 4) is 0 Å². The number of amides is 2. The van der Waals surface area contributed by atoms with Crippen molar-refractivity contribution in [2.24, 2.45) is 0 Å². The van der Waals surface area contributed by atoms with E-state index in [0.717, 1.165) is 0 Å². The van der Waals surface area contributed by atoms with Crippen LogP contribution in [0.1, 0.15) is 22.0 Å². The lowest BCUT2D eigenvalue weighted by atomic mass is 10.4. The van der Waals surface area contributed by atoms with E-state index in [1.165, 1.54) is 18.5 Å². The van der Waals surface area contributed by atoms with Gasteiger partial charge in [0.15, 0.2) is 0 Å². The second-order valence-electron chi connectivity index (χ2n) is 3.81. The van der Waals surface area contributed by atoms with Crippen molar-refractivity contribution >= 4 is 12.0 Å². The number of aromatic nitrogens is 2. The first kappa shape index (κ1) is 13.5. The highest BCUT2D eigenvalue weighted by Gasteiger charge is 2.09. The first-order valence-corrected chi connectivity index (χ1v) is 5.74. The molecule has 0 unspecified atom stereocenters. The zero-order valence-electron chi connectivity index (χ0n) is 10.4. The number of hydrogen-bond donors (Lipinski definition) is 3. The van der Waals surface area contributed by atoms with Gasteiger partial charge in [-0.1, -0.05) is 0 Å². The maximum atomic E-state index is 11.5. The number of nitrogens with zero attached hydrogens (tertiary/aromatic N) is 2. The molecule has 0 aliphatic heterocycles. The van der Waals surface area contributed by atoms with Gasteiger partial charge in [0, 0.05) is 6.20 Å². The van der Waals surface area contributed by atoms with Crippen LogP contribution in [0.3, 0.4) is 0 Å². The Labute approximate surface area is 113 Å². The Hall–Kier alpha value is -2.90. The third kappa shape index (κ3) is 3.80. The number of rotatable bonds is 5. The van der Waals surface area contributed by atoms with Gasteiger partial charge in [0.2, 0.25) is 5.76 Å². The summed E-state index contributed by atoms with van der Waals surface area (Å²) in [7, 11) is 0. The van der Waals surface area contributed by atoms with Gasteiger partial charge in [-0.15, -0.1) is 0 Å². The van der Waals surface area contributed by atoms with E-state index in [2.05, 4.69) is 20.6 Å². The minimum Gasteiger partial charge on any atom is -0.475 e. The third-order valence-corrected chi connectivity index (χ3v) is 2.37. The Bertz CT molecular complexity index is 597. The van der Waals surface area contributed by atoms with Crippen molar-refractivity contribution in [2.75, 3.05) is 0 Å². The number of urea groups is 1. The average Bonchev–Trinajstić information content (AvgIpc) is 2.93. The monoisotopic (exact) mass is 276 g/mol. The second kappa shape index (κ2) is 6.32. The summed E-state index contributed by atoms with van der Waals surface area (Å²) in [5.41, 5.74) is 0.682. The first-order chi connectivity index (χ1) is 9.65. The molecule has 8 heteroatoms. The highest BCUT2D eigenvalue weighted by molar-refractivity contribution is 5.84. The molecule has 0 saturated heterocycles. The molecule has 2 aromatic heterocycles. The van der Waals surface area contributed by atoms with E-state index in [0.29, 0.717) is 11.5 Å². The third-order valence-electron chi connectivity index (χ3n) is 2.37. The molecule has 0 radical (unpaired) electrons. The lowest BCUT2D eigenvalue weighted by molar-refractivity contribution is 0.0660. The zero-order valence-corrected chi connectivity index (χ0v) is 10.4. The van der Waals surface area contributed by atoms with Crippen LogP contribution in [0, 0.1) is 0 Å². The molecule has 0 spiro atoms. The lowest BCUT2D eigenvalue weighted by Gasteiger charge is -2.05. The summed E-state index contributed by atoms with van der Waals surface area (Å²) >= 11 is 0. The first-order valence-electron chi connectivity index (χ1n) is 5.74. The summed E-state index contributed by atoms with van der Waals surface area (Å²) in [5, 5.41) is 13.8. The van der Waals surface area contributed by atoms with Gasteiger partial charge < -0.3 is 20.2 Å². The SMILES string of the molecule is O=C(NCc1ccncn1)NCc1ccc(C(=O)O)o1. The quantitative estimate of drug-likeness (QED) is 0.742. The van der Waals surface area contributed by atoms with Gasteiger partial charge in [0.05, 0.1) is 18.8 Å². The van der Waals surface area contributed by atoms with E-state index < -0.39 is 12.0 Å². The summed E-state index contributed by atoms with van der Waals surface area (Å²) in [6, 6.07) is 4.11. The molecule has 0 aliphatic rings. The van der Waals surface area contributed by atoms with Crippen molar-refractivity contribution < 1.29 is 19.1 Å². The number of carbonyl (C=O) groups excluding carboxylic acids is 1. The number of carboxylic acids is 1. The van der Waals surface area contributed by atoms with E-state index in [-0.39, 0.29) is 18.8 Å². The number of carbonyl (C=O) groups is 2. The fourth-order valence-corrected chi connectivity index (χ4v) is 1.41. The average molecular weight is 276 g/mol. The second-order valence-corrected chi connectivity index (χ2v) is 3.81. The van der Waals surface area contributed by atoms with Gasteiger partial charge >= 0.3 is 12.0 Å². The maximum Gasteiger partial charge on any atom is 0.371 e. The van der Waals surface area contributed by atoms with Crippen LogP contribution in [0.4, 0.5) is 4.79 Å².